The molecule has 17 heavy (non-hydrogen) atoms. The van der Waals surface area contributed by atoms with Crippen molar-refractivity contribution in [2.45, 2.75) is 25.8 Å². The molecule has 0 radical (unpaired) electrons. The van der Waals surface area contributed by atoms with Crippen LogP contribution in [0.1, 0.15) is 19.8 Å². The lowest BCUT2D eigenvalue weighted by Crippen LogP contribution is -2.40. The normalized spacial score (nSPS) is 29.1. The van der Waals surface area contributed by atoms with Crippen molar-refractivity contribution < 1.29 is 4.74 Å². The zero-order valence-corrected chi connectivity index (χ0v) is 11.2. The molecule has 2 saturated heterocycles. The van der Waals surface area contributed by atoms with Crippen molar-refractivity contribution in [3.8, 4) is 0 Å². The fraction of sp³-hybridized carbons (Fsp3) is 1.00. The van der Waals surface area contributed by atoms with Crippen LogP contribution in [0.25, 0.3) is 0 Å². The predicted octanol–water partition coefficient (Wildman–Crippen LogP) is 0.393. The van der Waals surface area contributed by atoms with Crippen LogP contribution in [0.2, 0.25) is 0 Å². The van der Waals surface area contributed by atoms with Gasteiger partial charge in [0.1, 0.15) is 0 Å². The van der Waals surface area contributed by atoms with Gasteiger partial charge in [0.25, 0.3) is 0 Å². The summed E-state index contributed by atoms with van der Waals surface area (Å²) >= 11 is 0. The fourth-order valence-corrected chi connectivity index (χ4v) is 2.72. The highest BCUT2D eigenvalue weighted by Gasteiger charge is 2.16. The lowest BCUT2D eigenvalue weighted by Gasteiger charge is -2.30. The van der Waals surface area contributed by atoms with Crippen LogP contribution in [-0.4, -0.2) is 74.9 Å². The van der Waals surface area contributed by atoms with Crippen molar-refractivity contribution in [2.24, 2.45) is 0 Å². The summed E-state index contributed by atoms with van der Waals surface area (Å²) in [4.78, 5) is 5.17. The summed E-state index contributed by atoms with van der Waals surface area (Å²) in [6.07, 6.45) is 2.59. The number of nitrogens with one attached hydrogen (secondary N) is 1. The van der Waals surface area contributed by atoms with Gasteiger partial charge in [-0.3, -0.25) is 9.80 Å². The van der Waals surface area contributed by atoms with Gasteiger partial charge in [-0.1, -0.05) is 0 Å². The van der Waals surface area contributed by atoms with Gasteiger partial charge < -0.3 is 10.1 Å². The third kappa shape index (κ3) is 4.54. The largest absolute Gasteiger partial charge is 0.379 e. The SMILES string of the molecule is CC1CCNCCN1CCCN1CCOCC1. The van der Waals surface area contributed by atoms with E-state index < -0.39 is 0 Å². The summed E-state index contributed by atoms with van der Waals surface area (Å²) in [7, 11) is 0. The molecule has 0 aliphatic carbocycles. The van der Waals surface area contributed by atoms with E-state index in [9.17, 15) is 0 Å². The van der Waals surface area contributed by atoms with Crippen molar-refractivity contribution in [3.63, 3.8) is 0 Å². The van der Waals surface area contributed by atoms with Crippen molar-refractivity contribution >= 4 is 0 Å². The molecule has 2 aliphatic heterocycles. The summed E-state index contributed by atoms with van der Waals surface area (Å²) in [6.45, 7) is 12.5. The van der Waals surface area contributed by atoms with E-state index in [4.69, 9.17) is 4.74 Å². The zero-order valence-electron chi connectivity index (χ0n) is 11.2. The molecule has 4 nitrogen and oxygen atoms in total. The summed E-state index contributed by atoms with van der Waals surface area (Å²) in [5.41, 5.74) is 0. The van der Waals surface area contributed by atoms with Gasteiger partial charge in [-0.2, -0.15) is 0 Å². The molecule has 0 spiro atoms. The van der Waals surface area contributed by atoms with E-state index in [2.05, 4.69) is 22.0 Å². The van der Waals surface area contributed by atoms with E-state index in [1.54, 1.807) is 0 Å². The van der Waals surface area contributed by atoms with E-state index in [1.807, 2.05) is 0 Å². The number of rotatable bonds is 4. The Kier molecular flexibility index (Phi) is 5.71. The van der Waals surface area contributed by atoms with E-state index in [-0.39, 0.29) is 0 Å². The molecule has 0 aromatic heterocycles. The van der Waals surface area contributed by atoms with E-state index in [0.717, 1.165) is 38.9 Å². The monoisotopic (exact) mass is 241 g/mol. The van der Waals surface area contributed by atoms with Crippen molar-refractivity contribution in [1.29, 1.82) is 0 Å². The lowest BCUT2D eigenvalue weighted by molar-refractivity contribution is 0.0356. The van der Waals surface area contributed by atoms with Crippen molar-refractivity contribution in [1.82, 2.24) is 15.1 Å². The molecular formula is C13H27N3O. The predicted molar refractivity (Wildman–Crippen MR) is 70.4 cm³/mol. The first-order chi connectivity index (χ1) is 8.36. The van der Waals surface area contributed by atoms with Crippen LogP contribution in [0, 0.1) is 0 Å². The number of nitrogens with zero attached hydrogens (tertiary/aromatic N) is 2. The van der Waals surface area contributed by atoms with E-state index in [0.29, 0.717) is 0 Å². The highest BCUT2D eigenvalue weighted by Crippen LogP contribution is 2.07. The third-order valence-corrected chi connectivity index (χ3v) is 3.96. The molecule has 1 unspecified atom stereocenters. The molecule has 2 fully saturated rings. The summed E-state index contributed by atoms with van der Waals surface area (Å²) in [6, 6.07) is 0.745. The molecular weight excluding hydrogens is 214 g/mol. The molecule has 1 N–H and O–H groups in total. The first kappa shape index (κ1) is 13.3. The molecule has 0 aromatic carbocycles. The van der Waals surface area contributed by atoms with Crippen LogP contribution in [0.3, 0.4) is 0 Å². The second-order valence-corrected chi connectivity index (χ2v) is 5.23. The Hall–Kier alpha value is -0.160. The summed E-state index contributed by atoms with van der Waals surface area (Å²) in [5, 5.41) is 3.48. The molecule has 2 rings (SSSR count). The van der Waals surface area contributed by atoms with Crippen LogP contribution in [-0.2, 0) is 4.74 Å². The number of morpholine rings is 1. The first-order valence-electron chi connectivity index (χ1n) is 7.11. The van der Waals surface area contributed by atoms with Gasteiger partial charge in [0.2, 0.25) is 0 Å². The van der Waals surface area contributed by atoms with Gasteiger partial charge in [0.15, 0.2) is 0 Å². The number of hydrogen-bond acceptors (Lipinski definition) is 4. The standard InChI is InChI=1S/C13H27N3O/c1-13-3-4-14-5-8-16(13)7-2-6-15-9-11-17-12-10-15/h13-14H,2-12H2,1H3. The third-order valence-electron chi connectivity index (χ3n) is 3.96. The molecule has 1 atom stereocenters. The van der Waals surface area contributed by atoms with Gasteiger partial charge in [-0.25, -0.2) is 0 Å². The summed E-state index contributed by atoms with van der Waals surface area (Å²) in [5.74, 6) is 0. The second-order valence-electron chi connectivity index (χ2n) is 5.23. The highest BCUT2D eigenvalue weighted by molar-refractivity contribution is 4.74. The van der Waals surface area contributed by atoms with Crippen LogP contribution in [0.5, 0.6) is 0 Å². The van der Waals surface area contributed by atoms with Crippen LogP contribution in [0.15, 0.2) is 0 Å². The lowest BCUT2D eigenvalue weighted by atomic mass is 10.2. The van der Waals surface area contributed by atoms with E-state index >= 15 is 0 Å². The van der Waals surface area contributed by atoms with Gasteiger partial charge in [0.05, 0.1) is 13.2 Å². The minimum atomic E-state index is 0.745. The zero-order chi connectivity index (χ0) is 11.9. The Morgan fingerprint density at radius 1 is 1.12 bits per heavy atom. The average Bonchev–Trinajstić information content (AvgIpc) is 2.56. The quantitative estimate of drug-likeness (QED) is 0.771. The Morgan fingerprint density at radius 2 is 1.94 bits per heavy atom. The Bertz CT molecular complexity index is 207. The topological polar surface area (TPSA) is 27.7 Å². The average molecular weight is 241 g/mol. The number of ether oxygens (including phenoxy) is 1. The smallest absolute Gasteiger partial charge is 0.0594 e. The maximum absolute atomic E-state index is 5.37. The molecule has 2 heterocycles. The fourth-order valence-electron chi connectivity index (χ4n) is 2.72. The molecule has 0 amide bonds. The summed E-state index contributed by atoms with van der Waals surface area (Å²) < 4.78 is 5.37. The van der Waals surface area contributed by atoms with Gasteiger partial charge in [-0.05, 0) is 39.4 Å². The molecule has 100 valence electrons. The van der Waals surface area contributed by atoms with Gasteiger partial charge in [-0.15, -0.1) is 0 Å². The van der Waals surface area contributed by atoms with Gasteiger partial charge in [0, 0.05) is 32.2 Å². The van der Waals surface area contributed by atoms with Crippen LogP contribution >= 0.6 is 0 Å². The maximum Gasteiger partial charge on any atom is 0.0594 e. The minimum Gasteiger partial charge on any atom is -0.379 e. The second kappa shape index (κ2) is 7.31. The van der Waals surface area contributed by atoms with Crippen LogP contribution < -0.4 is 5.32 Å². The number of hydrogen-bond donors (Lipinski definition) is 1. The maximum atomic E-state index is 5.37. The molecule has 2 aliphatic rings. The highest BCUT2D eigenvalue weighted by atomic mass is 16.5. The van der Waals surface area contributed by atoms with Gasteiger partial charge >= 0.3 is 0 Å². The van der Waals surface area contributed by atoms with Crippen molar-refractivity contribution in [2.75, 3.05) is 59.0 Å². The molecule has 0 bridgehead atoms. The Labute approximate surface area is 105 Å². The van der Waals surface area contributed by atoms with Crippen molar-refractivity contribution in [3.05, 3.63) is 0 Å². The first-order valence-corrected chi connectivity index (χ1v) is 7.11. The van der Waals surface area contributed by atoms with E-state index in [1.165, 1.54) is 39.0 Å². The molecule has 4 heteroatoms. The van der Waals surface area contributed by atoms with Crippen LogP contribution in [0.4, 0.5) is 0 Å². The Balaban J connectivity index is 1.62. The Morgan fingerprint density at radius 3 is 2.76 bits per heavy atom. The molecule has 0 aromatic rings. The minimum absolute atomic E-state index is 0.745. The molecule has 0 saturated carbocycles.